The zero-order valence-electron chi connectivity index (χ0n) is 8.95. The molecular formula is C12H16O3. The second-order valence-corrected chi connectivity index (χ2v) is 3.04. The third kappa shape index (κ3) is 2.67. The van der Waals surface area contributed by atoms with Gasteiger partial charge in [-0.25, -0.2) is 0 Å². The number of hydrogen-bond donors (Lipinski definition) is 0. The van der Waals surface area contributed by atoms with Crippen LogP contribution in [-0.4, -0.2) is 20.0 Å². The monoisotopic (exact) mass is 208 g/mol. The minimum Gasteiger partial charge on any atom is -0.496 e. The molecule has 1 rings (SSSR count). The summed E-state index contributed by atoms with van der Waals surface area (Å²) in [5.74, 6) is 0.408. The number of ether oxygens (including phenoxy) is 2. The van der Waals surface area contributed by atoms with E-state index in [-0.39, 0.29) is 7.21 Å². The highest BCUT2D eigenvalue weighted by atomic mass is 16.5. The summed E-state index contributed by atoms with van der Waals surface area (Å²) in [6.45, 7) is 3.94. The molecule has 0 aliphatic rings. The van der Waals surface area contributed by atoms with Gasteiger partial charge in [0.1, 0.15) is 5.75 Å². The van der Waals surface area contributed by atoms with Gasteiger partial charge in [-0.2, -0.15) is 0 Å². The smallest absolute Gasteiger partial charge is 0.188 e. The molecule has 1 aromatic rings. The molecule has 0 N–H and O–H groups in total. The molecule has 0 atom stereocenters. The lowest BCUT2D eigenvalue weighted by atomic mass is 10.1. The van der Waals surface area contributed by atoms with Crippen molar-refractivity contribution in [1.82, 2.24) is 0 Å². The van der Waals surface area contributed by atoms with Crippen LogP contribution in [0.25, 0.3) is 0 Å². The molecular weight excluding hydrogens is 192 g/mol. The van der Waals surface area contributed by atoms with E-state index in [1.54, 1.807) is 19.2 Å². The zero-order valence-corrected chi connectivity index (χ0v) is 8.95. The van der Waals surface area contributed by atoms with E-state index in [0.717, 1.165) is 5.56 Å². The van der Waals surface area contributed by atoms with Crippen LogP contribution in [0, 0.1) is 0 Å². The van der Waals surface area contributed by atoms with E-state index >= 15 is 0 Å². The minimum absolute atomic E-state index is 0. The van der Waals surface area contributed by atoms with Crippen molar-refractivity contribution < 1.29 is 15.7 Å². The quantitative estimate of drug-likeness (QED) is 0.550. The molecule has 3 nitrogen and oxygen atoms in total. The number of ketones is 1. The summed E-state index contributed by atoms with van der Waals surface area (Å²) < 4.78 is 10.1. The normalized spacial score (nSPS) is 9.73. The highest BCUT2D eigenvalue weighted by molar-refractivity contribution is 6.06. The Morgan fingerprint density at radius 1 is 1.53 bits per heavy atom. The van der Waals surface area contributed by atoms with Gasteiger partial charge < -0.3 is 9.47 Å². The largest absolute Gasteiger partial charge is 0.496 e. The van der Waals surface area contributed by atoms with Crippen molar-refractivity contribution in [1.29, 1.82) is 0 Å². The molecule has 0 amide bonds. The van der Waals surface area contributed by atoms with Gasteiger partial charge >= 0.3 is 0 Å². The molecule has 0 radical (unpaired) electrons. The molecule has 0 bridgehead atoms. The van der Waals surface area contributed by atoms with Gasteiger partial charge in [-0.3, -0.25) is 4.79 Å². The second kappa shape index (κ2) is 5.32. The molecule has 3 heteroatoms. The Bertz CT molecular complexity index is 375. The van der Waals surface area contributed by atoms with Gasteiger partial charge in [0.15, 0.2) is 5.78 Å². The summed E-state index contributed by atoms with van der Waals surface area (Å²) in [6, 6.07) is 5.35. The highest BCUT2D eigenvalue weighted by Gasteiger charge is 2.09. The van der Waals surface area contributed by atoms with Crippen LogP contribution in [0.5, 0.6) is 5.75 Å². The lowest BCUT2D eigenvalue weighted by molar-refractivity contribution is 0.104. The molecule has 0 aromatic heterocycles. The summed E-state index contributed by atoms with van der Waals surface area (Å²) in [5, 5.41) is 0. The van der Waals surface area contributed by atoms with Crippen LogP contribution in [0.15, 0.2) is 30.9 Å². The number of benzene rings is 1. The number of rotatable bonds is 5. The van der Waals surface area contributed by atoms with E-state index in [1.807, 2.05) is 6.07 Å². The first-order valence-corrected chi connectivity index (χ1v) is 4.55. The summed E-state index contributed by atoms with van der Waals surface area (Å²) in [5.41, 5.74) is 1.49. The van der Waals surface area contributed by atoms with Crippen molar-refractivity contribution in [3.63, 3.8) is 0 Å². The SMILES string of the molecule is C=CC(=O)c1ccc(COC)cc1OC.[HH]. The Labute approximate surface area is 90.8 Å². The van der Waals surface area contributed by atoms with Crippen LogP contribution in [0.2, 0.25) is 0 Å². The predicted molar refractivity (Wildman–Crippen MR) is 60.3 cm³/mol. The van der Waals surface area contributed by atoms with Crippen molar-refractivity contribution in [2.45, 2.75) is 6.61 Å². The molecule has 0 aliphatic carbocycles. The first-order valence-electron chi connectivity index (χ1n) is 4.55. The van der Waals surface area contributed by atoms with E-state index < -0.39 is 0 Å². The molecule has 15 heavy (non-hydrogen) atoms. The maximum absolute atomic E-state index is 11.4. The average molecular weight is 208 g/mol. The molecule has 0 saturated carbocycles. The lowest BCUT2D eigenvalue weighted by Gasteiger charge is -2.08. The topological polar surface area (TPSA) is 35.5 Å². The van der Waals surface area contributed by atoms with Gasteiger partial charge in [0.2, 0.25) is 0 Å². The highest BCUT2D eigenvalue weighted by Crippen LogP contribution is 2.21. The minimum atomic E-state index is -0.143. The van der Waals surface area contributed by atoms with Crippen LogP contribution >= 0.6 is 0 Å². The first kappa shape index (κ1) is 11.5. The van der Waals surface area contributed by atoms with Crippen molar-refractivity contribution in [3.8, 4) is 5.75 Å². The van der Waals surface area contributed by atoms with Gasteiger partial charge in [0, 0.05) is 8.54 Å². The zero-order chi connectivity index (χ0) is 11.3. The fourth-order valence-electron chi connectivity index (χ4n) is 1.31. The third-order valence-electron chi connectivity index (χ3n) is 2.03. The Morgan fingerprint density at radius 3 is 2.80 bits per heavy atom. The van der Waals surface area contributed by atoms with Crippen molar-refractivity contribution in [2.75, 3.05) is 14.2 Å². The fourth-order valence-corrected chi connectivity index (χ4v) is 1.31. The molecule has 0 spiro atoms. The molecule has 0 aliphatic heterocycles. The number of carbonyl (C=O) groups is 1. The average Bonchev–Trinajstić information content (AvgIpc) is 2.28. The summed E-state index contributed by atoms with van der Waals surface area (Å²) in [7, 11) is 3.15. The maximum Gasteiger partial charge on any atom is 0.188 e. The van der Waals surface area contributed by atoms with E-state index in [1.165, 1.54) is 13.2 Å². The molecule has 0 unspecified atom stereocenters. The summed E-state index contributed by atoms with van der Waals surface area (Å²) >= 11 is 0. The second-order valence-electron chi connectivity index (χ2n) is 3.04. The van der Waals surface area contributed by atoms with E-state index in [2.05, 4.69) is 6.58 Å². The van der Waals surface area contributed by atoms with Gasteiger partial charge in [-0.05, 0) is 23.8 Å². The molecule has 1 aromatic carbocycles. The van der Waals surface area contributed by atoms with Crippen molar-refractivity contribution >= 4 is 5.78 Å². The van der Waals surface area contributed by atoms with Gasteiger partial charge in [-0.15, -0.1) is 0 Å². The summed E-state index contributed by atoms with van der Waals surface area (Å²) in [4.78, 5) is 11.4. The molecule has 0 saturated heterocycles. The van der Waals surface area contributed by atoms with E-state index in [4.69, 9.17) is 9.47 Å². The number of methoxy groups -OCH3 is 2. The van der Waals surface area contributed by atoms with Gasteiger partial charge in [-0.1, -0.05) is 12.6 Å². The Balaban J connectivity index is 0.00000225. The van der Waals surface area contributed by atoms with E-state index in [9.17, 15) is 4.79 Å². The lowest BCUT2D eigenvalue weighted by Crippen LogP contribution is -2.00. The standard InChI is InChI=1S/C12H14O3.H2/c1-4-11(13)10-6-5-9(8-14-2)7-12(10)15-3;/h4-7H,1,8H2,2-3H3;1H. The van der Waals surface area contributed by atoms with Crippen LogP contribution < -0.4 is 4.74 Å². The summed E-state index contributed by atoms with van der Waals surface area (Å²) in [6.07, 6.45) is 1.27. The Hall–Kier alpha value is -1.61. The first-order chi connectivity index (χ1) is 7.22. The predicted octanol–water partition coefficient (Wildman–Crippen LogP) is 2.46. The number of carbonyl (C=O) groups excluding carboxylic acids is 1. The third-order valence-corrected chi connectivity index (χ3v) is 2.03. The number of hydrogen-bond acceptors (Lipinski definition) is 3. The van der Waals surface area contributed by atoms with Crippen LogP contribution in [0.3, 0.4) is 0 Å². The molecule has 0 heterocycles. The molecule has 82 valence electrons. The van der Waals surface area contributed by atoms with Crippen LogP contribution in [0.4, 0.5) is 0 Å². The molecule has 0 fully saturated rings. The Morgan fingerprint density at radius 2 is 2.27 bits per heavy atom. The number of allylic oxidation sites excluding steroid dienone is 1. The van der Waals surface area contributed by atoms with Crippen molar-refractivity contribution in [2.24, 2.45) is 0 Å². The van der Waals surface area contributed by atoms with Crippen LogP contribution in [-0.2, 0) is 11.3 Å². The fraction of sp³-hybridized carbons (Fsp3) is 0.250. The van der Waals surface area contributed by atoms with Gasteiger partial charge in [0.25, 0.3) is 0 Å². The van der Waals surface area contributed by atoms with E-state index in [0.29, 0.717) is 17.9 Å². The van der Waals surface area contributed by atoms with Gasteiger partial charge in [0.05, 0.1) is 19.3 Å². The maximum atomic E-state index is 11.4. The van der Waals surface area contributed by atoms with Crippen LogP contribution in [0.1, 0.15) is 17.3 Å². The van der Waals surface area contributed by atoms with Crippen molar-refractivity contribution in [3.05, 3.63) is 42.0 Å². The Kier molecular flexibility index (Phi) is 4.06.